The molecule has 1 aliphatic rings. The molecule has 1 heterocycles. The fourth-order valence-corrected chi connectivity index (χ4v) is 3.69. The van der Waals surface area contributed by atoms with Gasteiger partial charge in [-0.1, -0.05) is 24.3 Å². The van der Waals surface area contributed by atoms with E-state index in [1.165, 1.54) is 7.11 Å². The normalized spacial score (nSPS) is 14.9. The van der Waals surface area contributed by atoms with Gasteiger partial charge in [0.05, 0.1) is 39.0 Å². The highest BCUT2D eigenvalue weighted by molar-refractivity contribution is 5.97. The molecule has 0 aliphatic carbocycles. The van der Waals surface area contributed by atoms with Crippen molar-refractivity contribution in [1.82, 2.24) is 15.5 Å². The van der Waals surface area contributed by atoms with Crippen molar-refractivity contribution in [3.05, 3.63) is 59.7 Å². The first-order valence-electron chi connectivity index (χ1n) is 10.8. The lowest BCUT2D eigenvalue weighted by atomic mass is 10.0. The van der Waals surface area contributed by atoms with E-state index in [0.717, 1.165) is 24.4 Å². The standard InChI is InChI=1S/C24H31N3O5/c1-30-19-9-7-18(8-10-19)21(27-13-15-32-16-14-27)17-26-23(28)11-12-25-24(29)20-5-3-4-6-22(20)31-2/h3-10,21H,11-17H2,1-2H3,(H,25,29)(H,26,28)/t21-/m1/s1. The summed E-state index contributed by atoms with van der Waals surface area (Å²) in [4.78, 5) is 27.1. The fourth-order valence-electron chi connectivity index (χ4n) is 3.69. The Balaban J connectivity index is 1.52. The molecule has 172 valence electrons. The molecule has 2 N–H and O–H groups in total. The fraction of sp³-hybridized carbons (Fsp3) is 0.417. The number of methoxy groups -OCH3 is 2. The molecule has 0 radical (unpaired) electrons. The average Bonchev–Trinajstić information content (AvgIpc) is 2.85. The molecule has 0 spiro atoms. The zero-order valence-corrected chi connectivity index (χ0v) is 18.6. The molecule has 2 aromatic rings. The van der Waals surface area contributed by atoms with Crippen LogP contribution in [0.2, 0.25) is 0 Å². The van der Waals surface area contributed by atoms with Crippen molar-refractivity contribution in [2.24, 2.45) is 0 Å². The number of rotatable bonds is 10. The summed E-state index contributed by atoms with van der Waals surface area (Å²) in [6.07, 6.45) is 0.194. The van der Waals surface area contributed by atoms with Gasteiger partial charge in [0.25, 0.3) is 5.91 Å². The number of hydrogen-bond acceptors (Lipinski definition) is 6. The predicted octanol–water partition coefficient (Wildman–Crippen LogP) is 2.01. The SMILES string of the molecule is COc1ccc([C@@H](CNC(=O)CCNC(=O)c2ccccc2OC)N2CCOCC2)cc1. The van der Waals surface area contributed by atoms with Crippen molar-refractivity contribution >= 4 is 11.8 Å². The minimum atomic E-state index is -0.264. The van der Waals surface area contributed by atoms with Gasteiger partial charge in [-0.2, -0.15) is 0 Å². The first-order chi connectivity index (χ1) is 15.6. The van der Waals surface area contributed by atoms with Crippen molar-refractivity contribution in [2.75, 3.05) is 53.6 Å². The van der Waals surface area contributed by atoms with Crippen LogP contribution in [0.1, 0.15) is 28.4 Å². The third kappa shape index (κ3) is 6.45. The highest BCUT2D eigenvalue weighted by atomic mass is 16.5. The van der Waals surface area contributed by atoms with Crippen molar-refractivity contribution < 1.29 is 23.8 Å². The van der Waals surface area contributed by atoms with Crippen LogP contribution in [-0.4, -0.2) is 70.3 Å². The molecule has 1 aliphatic heterocycles. The van der Waals surface area contributed by atoms with E-state index in [1.807, 2.05) is 24.3 Å². The maximum Gasteiger partial charge on any atom is 0.255 e. The number of hydrogen-bond donors (Lipinski definition) is 2. The van der Waals surface area contributed by atoms with Crippen LogP contribution in [0, 0.1) is 0 Å². The lowest BCUT2D eigenvalue weighted by molar-refractivity contribution is -0.121. The molecular formula is C24H31N3O5. The molecule has 2 aromatic carbocycles. The number of para-hydroxylation sites is 1. The zero-order chi connectivity index (χ0) is 22.8. The van der Waals surface area contributed by atoms with Gasteiger partial charge in [-0.15, -0.1) is 0 Å². The van der Waals surface area contributed by atoms with Crippen LogP contribution >= 0.6 is 0 Å². The molecule has 0 saturated carbocycles. The predicted molar refractivity (Wildman–Crippen MR) is 121 cm³/mol. The van der Waals surface area contributed by atoms with Gasteiger partial charge in [-0.3, -0.25) is 14.5 Å². The number of carbonyl (C=O) groups is 2. The molecule has 8 heteroatoms. The van der Waals surface area contributed by atoms with E-state index in [1.54, 1.807) is 31.4 Å². The van der Waals surface area contributed by atoms with Gasteiger partial charge in [0.2, 0.25) is 5.91 Å². The quantitative estimate of drug-likeness (QED) is 0.586. The topological polar surface area (TPSA) is 89.1 Å². The summed E-state index contributed by atoms with van der Waals surface area (Å²) in [7, 11) is 3.16. The molecule has 1 saturated heterocycles. The van der Waals surface area contributed by atoms with Gasteiger partial charge in [0, 0.05) is 32.6 Å². The van der Waals surface area contributed by atoms with E-state index in [0.29, 0.717) is 31.1 Å². The Kier molecular flexibility index (Phi) is 8.89. The van der Waals surface area contributed by atoms with Gasteiger partial charge in [-0.05, 0) is 29.8 Å². The third-order valence-corrected chi connectivity index (χ3v) is 5.47. The van der Waals surface area contributed by atoms with E-state index < -0.39 is 0 Å². The molecule has 3 rings (SSSR count). The summed E-state index contributed by atoms with van der Waals surface area (Å²) in [5, 5.41) is 5.79. The highest BCUT2D eigenvalue weighted by Crippen LogP contribution is 2.23. The minimum Gasteiger partial charge on any atom is -0.497 e. The smallest absolute Gasteiger partial charge is 0.255 e. The summed E-state index contributed by atoms with van der Waals surface area (Å²) >= 11 is 0. The van der Waals surface area contributed by atoms with Crippen LogP contribution in [-0.2, 0) is 9.53 Å². The Labute approximate surface area is 188 Å². The van der Waals surface area contributed by atoms with Crippen LogP contribution < -0.4 is 20.1 Å². The van der Waals surface area contributed by atoms with E-state index in [-0.39, 0.29) is 30.8 Å². The third-order valence-electron chi connectivity index (χ3n) is 5.47. The Hall–Kier alpha value is -3.10. The zero-order valence-electron chi connectivity index (χ0n) is 18.6. The monoisotopic (exact) mass is 441 g/mol. The van der Waals surface area contributed by atoms with Gasteiger partial charge >= 0.3 is 0 Å². The molecule has 0 aromatic heterocycles. The minimum absolute atomic E-state index is 0.0388. The van der Waals surface area contributed by atoms with Crippen molar-refractivity contribution in [1.29, 1.82) is 0 Å². The molecule has 32 heavy (non-hydrogen) atoms. The number of nitrogens with zero attached hydrogens (tertiary/aromatic N) is 1. The lowest BCUT2D eigenvalue weighted by Gasteiger charge is -2.35. The Morgan fingerprint density at radius 1 is 1.00 bits per heavy atom. The van der Waals surface area contributed by atoms with E-state index in [9.17, 15) is 9.59 Å². The highest BCUT2D eigenvalue weighted by Gasteiger charge is 2.23. The number of ether oxygens (including phenoxy) is 3. The van der Waals surface area contributed by atoms with Crippen LogP contribution in [0.25, 0.3) is 0 Å². The first-order valence-corrected chi connectivity index (χ1v) is 10.8. The number of amides is 2. The maximum atomic E-state index is 12.5. The lowest BCUT2D eigenvalue weighted by Crippen LogP contribution is -2.44. The number of benzene rings is 2. The van der Waals surface area contributed by atoms with Crippen LogP contribution in [0.4, 0.5) is 0 Å². The van der Waals surface area contributed by atoms with Gasteiger partial charge in [-0.25, -0.2) is 0 Å². The maximum absolute atomic E-state index is 12.5. The van der Waals surface area contributed by atoms with Gasteiger partial charge in [0.1, 0.15) is 11.5 Å². The second-order valence-electron chi connectivity index (χ2n) is 7.45. The number of carbonyl (C=O) groups excluding carboxylic acids is 2. The van der Waals surface area contributed by atoms with E-state index >= 15 is 0 Å². The molecule has 0 unspecified atom stereocenters. The van der Waals surface area contributed by atoms with Gasteiger partial charge in [0.15, 0.2) is 0 Å². The first kappa shape index (κ1) is 23.6. The summed E-state index contributed by atoms with van der Waals surface area (Å²) in [6, 6.07) is 14.9. The van der Waals surface area contributed by atoms with Crippen LogP contribution in [0.3, 0.4) is 0 Å². The van der Waals surface area contributed by atoms with E-state index in [2.05, 4.69) is 15.5 Å². The van der Waals surface area contributed by atoms with Crippen molar-refractivity contribution in [3.8, 4) is 11.5 Å². The van der Waals surface area contributed by atoms with E-state index in [4.69, 9.17) is 14.2 Å². The molecule has 0 bridgehead atoms. The molecule has 1 fully saturated rings. The average molecular weight is 442 g/mol. The van der Waals surface area contributed by atoms with Crippen molar-refractivity contribution in [2.45, 2.75) is 12.5 Å². The summed E-state index contributed by atoms with van der Waals surface area (Å²) in [5.74, 6) is 0.920. The number of nitrogens with one attached hydrogen (secondary N) is 2. The molecular weight excluding hydrogens is 410 g/mol. The molecule has 2 amide bonds. The molecule has 8 nitrogen and oxygen atoms in total. The van der Waals surface area contributed by atoms with Crippen LogP contribution in [0.15, 0.2) is 48.5 Å². The largest absolute Gasteiger partial charge is 0.497 e. The summed E-state index contributed by atoms with van der Waals surface area (Å²) in [6.45, 7) is 3.69. The Bertz CT molecular complexity index is 881. The summed E-state index contributed by atoms with van der Waals surface area (Å²) < 4.78 is 15.9. The Morgan fingerprint density at radius 3 is 2.41 bits per heavy atom. The summed E-state index contributed by atoms with van der Waals surface area (Å²) in [5.41, 5.74) is 1.56. The Morgan fingerprint density at radius 2 is 1.72 bits per heavy atom. The van der Waals surface area contributed by atoms with Gasteiger partial charge < -0.3 is 24.8 Å². The van der Waals surface area contributed by atoms with Crippen molar-refractivity contribution in [3.63, 3.8) is 0 Å². The second-order valence-corrected chi connectivity index (χ2v) is 7.45. The van der Waals surface area contributed by atoms with Crippen LogP contribution in [0.5, 0.6) is 11.5 Å². The molecule has 1 atom stereocenters. The number of morpholine rings is 1. The second kappa shape index (κ2) is 12.1.